The predicted molar refractivity (Wildman–Crippen MR) is 571 cm³/mol. The van der Waals surface area contributed by atoms with Gasteiger partial charge in [-0.25, -0.2) is 24.3 Å². The minimum absolute atomic E-state index is 0.0109. The second-order valence-electron chi connectivity index (χ2n) is 39.1. The summed E-state index contributed by atoms with van der Waals surface area (Å²) in [6.45, 7) is 23.1. The second kappa shape index (κ2) is 42.9. The van der Waals surface area contributed by atoms with Gasteiger partial charge in [-0.2, -0.15) is 19.9 Å². The summed E-state index contributed by atoms with van der Waals surface area (Å²) in [5.74, 6) is 4.89. The highest BCUT2D eigenvalue weighted by Crippen LogP contribution is 2.46. The number of hydrogen-bond donors (Lipinski definition) is 8. The smallest absolute Gasteiger partial charge is 0.261 e. The van der Waals surface area contributed by atoms with E-state index in [1.54, 1.807) is 49.1 Å². The van der Waals surface area contributed by atoms with Crippen LogP contribution >= 0.6 is 11.6 Å². The summed E-state index contributed by atoms with van der Waals surface area (Å²) in [6.07, 6.45) is 23.2. The van der Waals surface area contributed by atoms with Gasteiger partial charge in [0.1, 0.15) is 34.1 Å². The average molecular weight is 1950 g/mol. The second-order valence-corrected chi connectivity index (χ2v) is 39.5. The molecule has 27 nitrogen and oxygen atoms in total. The standard InChI is InChI=1S/C30H33N5O.C29H31N5O2.C28H28ClN5O2.C28H29FN6O/c1-3-35-28-24(17-27(29(35)36)26-11-8-23(16-19(26)2)21-4-5-21)18-32-30(34-28)33-25-9-6-20(7-10-25)22-12-14-31-15-13-22;1-3-34-27-22(15-25(28(34)35)24-11-8-21(14-18(24)2)19-4-5-19)16-31-29(33-27)32-23-9-6-20(7-10-23)26-17-30-12-13-36-26;1-2-34-26-20(13-23(27(34)35)22-10-7-19(14-24(22)29)17-3-4-17)15-31-28(33-26)32-21-8-5-18(6-9-21)25-16-30-11-12-36-25;1-2-35-26-21(12-23(27(35)36)25-24(29)13-20(15-31-25)18-5-6-18)16-32-28(34-26)33-22-9-7-17(8-10-22)19-4-3-11-30-14-19/h6-11,16-18,21-22,31H,3-5,12-15H2,1-2H3,(H,32,33,34);6-11,14-16,19,26,30H,3-5,12-13,17H2,1-2H3,(H,31,32,33);5-10,13-15,17,25,30H,2-4,11-12,16H2,1H3,(H,31,32,33);7-10,12-13,15-16,18-19,30H,2-6,11,14H2,1H3,(H,32,33,34). The molecule has 16 aromatic rings. The Morgan fingerprint density at radius 2 is 0.660 bits per heavy atom. The van der Waals surface area contributed by atoms with Crippen molar-refractivity contribution in [1.82, 2.24) is 84.4 Å². The number of morpholine rings is 2. The van der Waals surface area contributed by atoms with Crippen LogP contribution in [0.4, 0.5) is 50.9 Å². The van der Waals surface area contributed by atoms with Crippen molar-refractivity contribution in [2.45, 2.75) is 192 Å². The summed E-state index contributed by atoms with van der Waals surface area (Å²) in [4.78, 5) is 95.1. The summed E-state index contributed by atoms with van der Waals surface area (Å²) in [7, 11) is 0. The van der Waals surface area contributed by atoms with E-state index in [0.717, 1.165) is 155 Å². The fourth-order valence-electron chi connectivity index (χ4n) is 20.4. The van der Waals surface area contributed by atoms with Gasteiger partial charge < -0.3 is 52.0 Å². The number of nitrogens with zero attached hydrogens (tertiary/aromatic N) is 13. The van der Waals surface area contributed by atoms with Crippen molar-refractivity contribution >= 4 is 102 Å². The van der Waals surface area contributed by atoms with Crippen molar-refractivity contribution in [1.29, 1.82) is 0 Å². The van der Waals surface area contributed by atoms with Crippen LogP contribution in [0, 0.1) is 19.7 Å². The molecular formula is C115H121ClFN21O6. The summed E-state index contributed by atoms with van der Waals surface area (Å²) in [5, 5.41) is 30.5. The number of aromatic nitrogens is 13. The van der Waals surface area contributed by atoms with Crippen molar-refractivity contribution in [3.8, 4) is 44.6 Å². The first-order valence-electron chi connectivity index (χ1n) is 51.3. The molecule has 24 rings (SSSR count). The minimum Gasteiger partial charge on any atom is -0.371 e. The highest BCUT2D eigenvalue weighted by atomic mass is 35.5. The summed E-state index contributed by atoms with van der Waals surface area (Å²) >= 11 is 6.63. The van der Waals surface area contributed by atoms with Gasteiger partial charge in [0.25, 0.3) is 22.2 Å². The Morgan fingerprint density at radius 1 is 0.326 bits per heavy atom. The van der Waals surface area contributed by atoms with Crippen LogP contribution in [-0.2, 0) is 35.7 Å². The molecular weight excluding hydrogens is 1830 g/mol. The van der Waals surface area contributed by atoms with Crippen molar-refractivity contribution in [3.63, 3.8) is 0 Å². The Kier molecular flexibility index (Phi) is 28.7. The third-order valence-corrected chi connectivity index (χ3v) is 29.4. The predicted octanol–water partition coefficient (Wildman–Crippen LogP) is 21.5. The molecule has 7 aromatic carbocycles. The molecule has 8 fully saturated rings. The number of nitrogens with one attached hydrogen (secondary N) is 8. The van der Waals surface area contributed by atoms with Crippen molar-refractivity contribution in [2.75, 3.05) is 86.8 Å². The third kappa shape index (κ3) is 21.5. The monoisotopic (exact) mass is 1950 g/mol. The van der Waals surface area contributed by atoms with Crippen LogP contribution < -0.4 is 64.8 Å². The lowest BCUT2D eigenvalue weighted by atomic mass is 9.90. The molecule has 3 unspecified atom stereocenters. The molecule has 8 aliphatic rings. The van der Waals surface area contributed by atoms with Crippen LogP contribution in [0.5, 0.6) is 0 Å². The number of aryl methyl sites for hydroxylation is 6. The van der Waals surface area contributed by atoms with Gasteiger partial charge >= 0.3 is 0 Å². The topological polar surface area (TPSA) is 319 Å². The zero-order chi connectivity index (χ0) is 98.6. The molecule has 9 aromatic heterocycles. The van der Waals surface area contributed by atoms with E-state index < -0.39 is 5.82 Å². The number of fused-ring (bicyclic) bond motifs is 4. The van der Waals surface area contributed by atoms with E-state index in [0.29, 0.717) is 142 Å². The lowest BCUT2D eigenvalue weighted by Gasteiger charge is -2.24. The Hall–Kier alpha value is -14.0. The lowest BCUT2D eigenvalue weighted by Crippen LogP contribution is -2.33. The van der Waals surface area contributed by atoms with Gasteiger partial charge in [0.2, 0.25) is 23.8 Å². The van der Waals surface area contributed by atoms with Gasteiger partial charge in [-0.05, 0) is 325 Å². The highest BCUT2D eigenvalue weighted by molar-refractivity contribution is 6.33. The molecule has 736 valence electrons. The normalized spacial score (nSPS) is 17.5. The van der Waals surface area contributed by atoms with E-state index in [1.807, 2.05) is 113 Å². The number of ether oxygens (including phenoxy) is 2. The molecule has 4 aliphatic carbocycles. The van der Waals surface area contributed by atoms with Crippen molar-refractivity contribution in [3.05, 3.63) is 321 Å². The van der Waals surface area contributed by atoms with Crippen molar-refractivity contribution < 1.29 is 13.9 Å². The quantitative estimate of drug-likeness (QED) is 0.0279. The fourth-order valence-corrected chi connectivity index (χ4v) is 20.7. The first-order chi connectivity index (χ1) is 70.4. The molecule has 0 amide bonds. The summed E-state index contributed by atoms with van der Waals surface area (Å²) in [5.41, 5.74) is 22.6. The van der Waals surface area contributed by atoms with Crippen molar-refractivity contribution in [2.24, 2.45) is 0 Å². The molecule has 4 aliphatic heterocycles. The Bertz CT molecular complexity index is 6790. The molecule has 4 saturated carbocycles. The first-order valence-corrected chi connectivity index (χ1v) is 51.6. The maximum absolute atomic E-state index is 14.9. The van der Waals surface area contributed by atoms with Crippen LogP contribution in [0.15, 0.2) is 232 Å². The van der Waals surface area contributed by atoms with Crippen LogP contribution in [0.1, 0.15) is 208 Å². The fraction of sp³-hybridized carbons (Fsp3) is 0.348. The van der Waals surface area contributed by atoms with Crippen LogP contribution in [0.25, 0.3) is 88.8 Å². The number of anilines is 8. The Morgan fingerprint density at radius 3 is 1.01 bits per heavy atom. The average Bonchev–Trinajstić information content (AvgIpc) is 1.18. The molecule has 144 heavy (non-hydrogen) atoms. The molecule has 0 spiro atoms. The molecule has 13 heterocycles. The molecule has 4 saturated heterocycles. The van der Waals surface area contributed by atoms with Crippen LogP contribution in [0.2, 0.25) is 5.02 Å². The first kappa shape index (κ1) is 96.2. The van der Waals surface area contributed by atoms with Gasteiger partial charge in [0, 0.05) is 161 Å². The number of halogens is 2. The number of rotatable bonds is 24. The van der Waals surface area contributed by atoms with Crippen LogP contribution in [0.3, 0.4) is 0 Å². The van der Waals surface area contributed by atoms with E-state index in [2.05, 4.69) is 177 Å². The molecule has 0 bridgehead atoms. The summed E-state index contributed by atoms with van der Waals surface area (Å²) < 4.78 is 33.3. The zero-order valence-electron chi connectivity index (χ0n) is 82.2. The Balaban J connectivity index is 0.000000113. The Labute approximate surface area is 840 Å². The molecule has 29 heteroatoms. The minimum atomic E-state index is -0.467. The maximum Gasteiger partial charge on any atom is 0.261 e. The SMILES string of the molecule is CCn1c(=O)c(-c2ccc(C3CC3)cc2C)cc2cnc(Nc3ccc(C4CCNCC4)cc3)nc21.CCn1c(=O)c(-c2ccc(C3CC3)cc2C)cc2cnc(Nc3ccc(C4CNCCO4)cc3)nc21.CCn1c(=O)c(-c2ccc(C3CC3)cc2Cl)cc2cnc(Nc3ccc(C4CNCCO4)cc3)nc21.CCn1c(=O)c(-c2ncc(C3CC3)cc2F)cc2cnc(Nc3ccc(C4CCCNC4)cc3)nc21. The van der Waals surface area contributed by atoms with E-state index in [4.69, 9.17) is 36.0 Å². The molecule has 3 atom stereocenters. The van der Waals surface area contributed by atoms with Gasteiger partial charge in [0.15, 0.2) is 0 Å². The zero-order valence-corrected chi connectivity index (χ0v) is 83.0. The summed E-state index contributed by atoms with van der Waals surface area (Å²) in [6, 6.07) is 61.1. The lowest BCUT2D eigenvalue weighted by molar-refractivity contribution is 0.0276. The molecule has 8 N–H and O–H groups in total. The number of hydrogen-bond acceptors (Lipinski definition) is 23. The number of benzene rings is 7. The number of piperidine rings is 2. The van der Waals surface area contributed by atoms with E-state index in [1.165, 1.54) is 98.1 Å². The number of pyridine rings is 5. The van der Waals surface area contributed by atoms with E-state index in [9.17, 15) is 23.6 Å². The van der Waals surface area contributed by atoms with Gasteiger partial charge in [-0.3, -0.25) is 42.4 Å². The molecule has 0 radical (unpaired) electrons. The van der Waals surface area contributed by atoms with E-state index in [-0.39, 0.29) is 45.7 Å². The van der Waals surface area contributed by atoms with Crippen LogP contribution in [-0.4, -0.2) is 129 Å². The van der Waals surface area contributed by atoms with Gasteiger partial charge in [-0.15, -0.1) is 0 Å². The van der Waals surface area contributed by atoms with Gasteiger partial charge in [-0.1, -0.05) is 109 Å². The maximum atomic E-state index is 14.9. The third-order valence-electron chi connectivity index (χ3n) is 29.1. The van der Waals surface area contributed by atoms with Gasteiger partial charge in [0.05, 0.1) is 31.0 Å². The van der Waals surface area contributed by atoms with E-state index >= 15 is 0 Å². The largest absolute Gasteiger partial charge is 0.371 e. The highest BCUT2D eigenvalue weighted by Gasteiger charge is 2.32.